The molecule has 0 unspecified atom stereocenters. The number of nitrogens with zero attached hydrogens (tertiary/aromatic N) is 2. The molecule has 2 aromatic heterocycles. The summed E-state index contributed by atoms with van der Waals surface area (Å²) in [6.45, 7) is 3.17. The van der Waals surface area contributed by atoms with Gasteiger partial charge >= 0.3 is 5.97 Å². The van der Waals surface area contributed by atoms with Gasteiger partial charge in [0.15, 0.2) is 5.13 Å². The van der Waals surface area contributed by atoms with Crippen molar-refractivity contribution in [3.8, 4) is 22.4 Å². The minimum atomic E-state index is -0.989. The number of thiazole rings is 1. The van der Waals surface area contributed by atoms with E-state index in [2.05, 4.69) is 15.2 Å². The summed E-state index contributed by atoms with van der Waals surface area (Å²) in [6.07, 6.45) is 0. The molecule has 0 spiro atoms. The van der Waals surface area contributed by atoms with Gasteiger partial charge in [0, 0.05) is 42.2 Å². The lowest BCUT2D eigenvalue weighted by molar-refractivity contribution is 0.0702. The van der Waals surface area contributed by atoms with E-state index in [4.69, 9.17) is 28.2 Å². The molecule has 1 saturated heterocycles. The zero-order valence-electron chi connectivity index (χ0n) is 19.7. The quantitative estimate of drug-likeness (QED) is 0.273. The Morgan fingerprint density at radius 3 is 2.22 bits per heavy atom. The first kappa shape index (κ1) is 24.0. The predicted octanol–water partition coefficient (Wildman–Crippen LogP) is 5.98. The number of fused-ring (bicyclic) bond motifs is 1. The second kappa shape index (κ2) is 9.20. The van der Waals surface area contributed by atoms with Gasteiger partial charge in [-0.25, -0.2) is 9.78 Å². The highest BCUT2D eigenvalue weighted by atomic mass is 35.5. The number of aromatic amines is 1. The van der Waals surface area contributed by atoms with Crippen molar-refractivity contribution < 1.29 is 14.7 Å². The van der Waals surface area contributed by atoms with E-state index in [1.54, 1.807) is 6.92 Å². The summed E-state index contributed by atoms with van der Waals surface area (Å²) in [4.78, 5) is 34.7. The van der Waals surface area contributed by atoms with Crippen LogP contribution in [0.2, 0.25) is 10.0 Å². The number of H-pyrrole nitrogens is 1. The molecule has 1 aliphatic carbocycles. The molecule has 7 nitrogen and oxygen atoms in total. The highest BCUT2D eigenvalue weighted by Crippen LogP contribution is 2.48. The Labute approximate surface area is 227 Å². The number of halogens is 2. The highest BCUT2D eigenvalue weighted by molar-refractivity contribution is 7.17. The Kier molecular flexibility index (Phi) is 5.98. The van der Waals surface area contributed by atoms with Gasteiger partial charge in [-0.1, -0.05) is 89.1 Å². The van der Waals surface area contributed by atoms with Crippen molar-refractivity contribution >= 4 is 51.5 Å². The van der Waals surface area contributed by atoms with Crippen LogP contribution in [0.15, 0.2) is 54.6 Å². The molecular formula is C27H22Cl2N4O3S. The number of anilines is 1. The van der Waals surface area contributed by atoms with E-state index in [-0.39, 0.29) is 39.4 Å². The lowest BCUT2D eigenvalue weighted by Gasteiger charge is -2.19. The summed E-state index contributed by atoms with van der Waals surface area (Å²) in [7, 11) is 0. The number of aryl methyl sites for hydroxylation is 1. The van der Waals surface area contributed by atoms with E-state index in [9.17, 15) is 14.7 Å². The first-order valence-corrected chi connectivity index (χ1v) is 13.4. The molecule has 1 saturated carbocycles. The van der Waals surface area contributed by atoms with E-state index in [0.29, 0.717) is 34.6 Å². The fourth-order valence-electron chi connectivity index (χ4n) is 5.08. The monoisotopic (exact) mass is 552 g/mol. The molecule has 10 heteroatoms. The smallest absolute Gasteiger partial charge is 0.348 e. The van der Waals surface area contributed by atoms with Gasteiger partial charge in [-0.3, -0.25) is 4.79 Å². The maximum absolute atomic E-state index is 12.7. The average molecular weight is 553 g/mol. The van der Waals surface area contributed by atoms with Gasteiger partial charge in [0.1, 0.15) is 10.6 Å². The average Bonchev–Trinajstić information content (AvgIpc) is 3.28. The normalized spacial score (nSPS) is 20.1. The number of carbonyl (C=O) groups excluding carboxylic acids is 1. The van der Waals surface area contributed by atoms with Crippen molar-refractivity contribution in [2.24, 2.45) is 11.8 Å². The fraction of sp³-hybridized carbons (Fsp3) is 0.222. The van der Waals surface area contributed by atoms with Gasteiger partial charge in [-0.05, 0) is 18.1 Å². The molecule has 2 aliphatic rings. The Bertz CT molecular complexity index is 1500. The summed E-state index contributed by atoms with van der Waals surface area (Å²) >= 11 is 13.5. The maximum atomic E-state index is 12.7. The van der Waals surface area contributed by atoms with Gasteiger partial charge < -0.3 is 20.3 Å². The van der Waals surface area contributed by atoms with Crippen LogP contribution in [0.4, 0.5) is 5.13 Å². The van der Waals surface area contributed by atoms with Crippen LogP contribution in [0, 0.1) is 18.8 Å². The number of hydrogen-bond acceptors (Lipinski definition) is 5. The maximum Gasteiger partial charge on any atom is 0.348 e. The molecular weight excluding hydrogens is 531 g/mol. The molecule has 6 rings (SSSR count). The van der Waals surface area contributed by atoms with Gasteiger partial charge in [0.05, 0.1) is 15.7 Å². The Morgan fingerprint density at radius 1 is 1.00 bits per heavy atom. The van der Waals surface area contributed by atoms with Crippen LogP contribution in [0.1, 0.15) is 25.9 Å². The summed E-state index contributed by atoms with van der Waals surface area (Å²) in [6, 6.07) is 17.9. The van der Waals surface area contributed by atoms with Gasteiger partial charge in [0.2, 0.25) is 0 Å². The molecule has 37 heavy (non-hydrogen) atoms. The van der Waals surface area contributed by atoms with Gasteiger partial charge in [-0.2, -0.15) is 0 Å². The number of carbonyl (C=O) groups is 2. The van der Waals surface area contributed by atoms with Crippen molar-refractivity contribution in [2.75, 3.05) is 18.0 Å². The lowest BCUT2D eigenvalue weighted by Crippen LogP contribution is -2.34. The van der Waals surface area contributed by atoms with Crippen LogP contribution in [-0.2, 0) is 0 Å². The molecule has 3 heterocycles. The van der Waals surface area contributed by atoms with Crippen molar-refractivity contribution in [3.05, 3.63) is 80.9 Å². The van der Waals surface area contributed by atoms with Crippen LogP contribution < -0.4 is 10.2 Å². The summed E-state index contributed by atoms with van der Waals surface area (Å²) in [5, 5.41) is 14.2. The third-order valence-corrected chi connectivity index (χ3v) is 9.17. The third kappa shape index (κ3) is 4.29. The highest BCUT2D eigenvalue weighted by Gasteiger charge is 2.57. The molecule has 1 aliphatic heterocycles. The number of aromatic carboxylic acids is 1. The van der Waals surface area contributed by atoms with Crippen molar-refractivity contribution in [1.29, 1.82) is 0 Å². The number of amides is 1. The second-order valence-corrected chi connectivity index (χ2v) is 11.1. The first-order chi connectivity index (χ1) is 17.8. The minimum absolute atomic E-state index is 0.0473. The largest absolute Gasteiger partial charge is 0.477 e. The molecule has 2 aromatic carbocycles. The molecule has 3 atom stereocenters. The fourth-order valence-corrected chi connectivity index (χ4v) is 6.45. The van der Waals surface area contributed by atoms with E-state index in [1.807, 2.05) is 54.6 Å². The molecule has 0 radical (unpaired) electrons. The van der Waals surface area contributed by atoms with Crippen molar-refractivity contribution in [2.45, 2.75) is 13.0 Å². The molecule has 0 bridgehead atoms. The Balaban J connectivity index is 1.16. The first-order valence-electron chi connectivity index (χ1n) is 11.8. The molecule has 4 aromatic rings. The van der Waals surface area contributed by atoms with E-state index in [1.165, 1.54) is 11.3 Å². The number of carboxylic acids is 1. The van der Waals surface area contributed by atoms with Crippen LogP contribution in [-0.4, -0.2) is 46.1 Å². The Morgan fingerprint density at radius 2 is 1.62 bits per heavy atom. The van der Waals surface area contributed by atoms with Gasteiger partial charge in [-0.15, -0.1) is 0 Å². The molecule has 188 valence electrons. The number of aromatic nitrogens is 2. The number of benzene rings is 2. The summed E-state index contributed by atoms with van der Waals surface area (Å²) in [5.74, 6) is -0.702. The van der Waals surface area contributed by atoms with Gasteiger partial charge in [0.25, 0.3) is 5.91 Å². The number of nitrogens with one attached hydrogen (secondary N) is 2. The number of hydrogen-bond donors (Lipinski definition) is 3. The second-order valence-electron chi connectivity index (χ2n) is 9.41. The standard InChI is InChI=1S/C27H22Cl2N4O3S/c1-13-19(28)20(29)23(30-13)25(34)31-22-17-11-33(12-18(17)22)27-32-21(24(37-27)26(35)36)16-9-7-15(8-10-16)14-5-3-2-4-6-14/h2-10,17-18,22,30H,11-12H2,1H3,(H,31,34)(H,35,36)/t17-,18+,22-. The SMILES string of the molecule is Cc1[nH]c(C(=O)N[C@@H]2[C@@H]3CN(c4nc(-c5ccc(-c6ccccc6)cc5)c(C(=O)O)s4)C[C@@H]32)c(Cl)c1Cl. The molecule has 1 amide bonds. The van der Waals surface area contributed by atoms with E-state index >= 15 is 0 Å². The topological polar surface area (TPSA) is 98.3 Å². The van der Waals surface area contributed by atoms with Crippen molar-refractivity contribution in [1.82, 2.24) is 15.3 Å². The molecule has 3 N–H and O–H groups in total. The minimum Gasteiger partial charge on any atom is -0.477 e. The number of rotatable bonds is 6. The third-order valence-electron chi connectivity index (χ3n) is 7.12. The predicted molar refractivity (Wildman–Crippen MR) is 146 cm³/mol. The van der Waals surface area contributed by atoms with Crippen LogP contribution >= 0.6 is 34.5 Å². The molecule has 2 fully saturated rings. The summed E-state index contributed by atoms with van der Waals surface area (Å²) < 4.78 is 0. The summed E-state index contributed by atoms with van der Waals surface area (Å²) in [5.41, 5.74) is 4.34. The van der Waals surface area contributed by atoms with Crippen LogP contribution in [0.5, 0.6) is 0 Å². The van der Waals surface area contributed by atoms with E-state index < -0.39 is 5.97 Å². The zero-order valence-corrected chi connectivity index (χ0v) is 22.0. The van der Waals surface area contributed by atoms with Crippen LogP contribution in [0.25, 0.3) is 22.4 Å². The number of piperidine rings is 1. The van der Waals surface area contributed by atoms with Crippen molar-refractivity contribution in [3.63, 3.8) is 0 Å². The Hall–Kier alpha value is -3.33. The zero-order chi connectivity index (χ0) is 25.8. The van der Waals surface area contributed by atoms with Crippen LogP contribution in [0.3, 0.4) is 0 Å². The lowest BCUT2D eigenvalue weighted by atomic mass is 10.0. The number of carboxylic acid groups (broad SMARTS) is 1. The van der Waals surface area contributed by atoms with E-state index in [0.717, 1.165) is 16.7 Å².